The number of halogens is 1. The van der Waals surface area contributed by atoms with Crippen molar-refractivity contribution in [3.63, 3.8) is 0 Å². The van der Waals surface area contributed by atoms with Crippen LogP contribution in [0.2, 0.25) is 0 Å². The first-order valence-corrected chi connectivity index (χ1v) is 8.10. The standard InChI is InChI=1S/C16H22FNOS/c1-16(2)8-10-18(11-12-20-16)9-7-15(19)13-5-3-4-6-14(13)17/h3-6H,7-12H2,1-2H3. The average molecular weight is 295 g/mol. The Morgan fingerprint density at radius 3 is 2.85 bits per heavy atom. The summed E-state index contributed by atoms with van der Waals surface area (Å²) in [6, 6.07) is 6.24. The Morgan fingerprint density at radius 2 is 2.10 bits per heavy atom. The predicted octanol–water partition coefficient (Wildman–Crippen LogP) is 3.62. The van der Waals surface area contributed by atoms with Crippen LogP contribution in [-0.2, 0) is 0 Å². The fourth-order valence-corrected chi connectivity index (χ4v) is 3.51. The van der Waals surface area contributed by atoms with Gasteiger partial charge in [0.25, 0.3) is 0 Å². The van der Waals surface area contributed by atoms with Gasteiger partial charge >= 0.3 is 0 Å². The molecule has 0 unspecified atom stereocenters. The maximum Gasteiger partial charge on any atom is 0.167 e. The highest BCUT2D eigenvalue weighted by Crippen LogP contribution is 2.30. The third-order valence-corrected chi connectivity index (χ3v) is 5.13. The van der Waals surface area contributed by atoms with E-state index in [1.54, 1.807) is 18.2 Å². The van der Waals surface area contributed by atoms with Crippen LogP contribution in [0.5, 0.6) is 0 Å². The first kappa shape index (κ1) is 15.5. The Labute approximate surface area is 124 Å². The van der Waals surface area contributed by atoms with Crippen LogP contribution in [0.4, 0.5) is 4.39 Å². The monoisotopic (exact) mass is 295 g/mol. The lowest BCUT2D eigenvalue weighted by molar-refractivity contribution is 0.0961. The molecule has 2 nitrogen and oxygen atoms in total. The summed E-state index contributed by atoms with van der Waals surface area (Å²) in [4.78, 5) is 14.4. The summed E-state index contributed by atoms with van der Waals surface area (Å²) in [6.45, 7) is 7.30. The Balaban J connectivity index is 1.86. The Hall–Kier alpha value is -0.870. The highest BCUT2D eigenvalue weighted by atomic mass is 32.2. The normalized spacial score (nSPS) is 19.6. The van der Waals surface area contributed by atoms with E-state index in [1.165, 1.54) is 6.07 Å². The van der Waals surface area contributed by atoms with Gasteiger partial charge in [0.1, 0.15) is 5.82 Å². The van der Waals surface area contributed by atoms with Crippen LogP contribution in [0.15, 0.2) is 24.3 Å². The minimum absolute atomic E-state index is 0.0979. The van der Waals surface area contributed by atoms with Crippen molar-refractivity contribution in [2.24, 2.45) is 0 Å². The Bertz CT molecular complexity index is 475. The number of benzene rings is 1. The summed E-state index contributed by atoms with van der Waals surface area (Å²) in [5, 5.41) is 0. The van der Waals surface area contributed by atoms with Crippen molar-refractivity contribution in [1.82, 2.24) is 4.90 Å². The van der Waals surface area contributed by atoms with Crippen LogP contribution in [-0.4, -0.2) is 40.8 Å². The molecule has 1 fully saturated rings. The predicted molar refractivity (Wildman–Crippen MR) is 82.9 cm³/mol. The number of Topliss-reactive ketones (excluding diaryl/α,β-unsaturated/α-hetero) is 1. The maximum absolute atomic E-state index is 13.5. The molecule has 1 aromatic rings. The minimum Gasteiger partial charge on any atom is -0.302 e. The second-order valence-corrected chi connectivity index (χ2v) is 7.65. The molecule has 110 valence electrons. The highest BCUT2D eigenvalue weighted by molar-refractivity contribution is 8.00. The molecule has 1 aliphatic heterocycles. The van der Waals surface area contributed by atoms with Gasteiger partial charge in [-0.1, -0.05) is 26.0 Å². The van der Waals surface area contributed by atoms with Gasteiger partial charge in [0, 0.05) is 30.0 Å². The molecule has 20 heavy (non-hydrogen) atoms. The number of carbonyl (C=O) groups is 1. The summed E-state index contributed by atoms with van der Waals surface area (Å²) >= 11 is 1.99. The van der Waals surface area contributed by atoms with Crippen LogP contribution in [0, 0.1) is 5.82 Å². The van der Waals surface area contributed by atoms with E-state index in [0.717, 1.165) is 31.8 Å². The first-order chi connectivity index (χ1) is 9.48. The largest absolute Gasteiger partial charge is 0.302 e. The topological polar surface area (TPSA) is 20.3 Å². The van der Waals surface area contributed by atoms with E-state index in [9.17, 15) is 9.18 Å². The summed E-state index contributed by atoms with van der Waals surface area (Å²) in [7, 11) is 0. The van der Waals surface area contributed by atoms with E-state index < -0.39 is 5.82 Å². The first-order valence-electron chi connectivity index (χ1n) is 7.12. The van der Waals surface area contributed by atoms with E-state index >= 15 is 0 Å². The third-order valence-electron chi connectivity index (χ3n) is 3.76. The molecular formula is C16H22FNOS. The molecule has 0 radical (unpaired) electrons. The number of hydrogen-bond acceptors (Lipinski definition) is 3. The number of thioether (sulfide) groups is 1. The van der Waals surface area contributed by atoms with Gasteiger partial charge in [-0.15, -0.1) is 0 Å². The number of hydrogen-bond donors (Lipinski definition) is 0. The summed E-state index contributed by atoms with van der Waals surface area (Å²) in [6.07, 6.45) is 1.53. The fourth-order valence-electron chi connectivity index (χ4n) is 2.37. The molecule has 1 aromatic carbocycles. The van der Waals surface area contributed by atoms with Crippen molar-refractivity contribution < 1.29 is 9.18 Å². The van der Waals surface area contributed by atoms with Crippen LogP contribution < -0.4 is 0 Å². The molecule has 2 rings (SSSR count). The van der Waals surface area contributed by atoms with Gasteiger partial charge < -0.3 is 4.90 Å². The van der Waals surface area contributed by atoms with E-state index in [0.29, 0.717) is 11.2 Å². The molecule has 1 heterocycles. The SMILES string of the molecule is CC1(C)CCN(CCC(=O)c2ccccc2F)CCS1. The van der Waals surface area contributed by atoms with Crippen molar-refractivity contribution >= 4 is 17.5 Å². The summed E-state index contributed by atoms with van der Waals surface area (Å²) in [5.41, 5.74) is 0.219. The van der Waals surface area contributed by atoms with Gasteiger partial charge in [-0.2, -0.15) is 11.8 Å². The highest BCUT2D eigenvalue weighted by Gasteiger charge is 2.23. The molecular weight excluding hydrogens is 273 g/mol. The maximum atomic E-state index is 13.5. The number of carbonyl (C=O) groups excluding carboxylic acids is 1. The minimum atomic E-state index is -0.412. The fraction of sp³-hybridized carbons (Fsp3) is 0.562. The number of rotatable bonds is 4. The quantitative estimate of drug-likeness (QED) is 0.791. The molecule has 0 aliphatic carbocycles. The molecule has 0 aromatic heterocycles. The second kappa shape index (κ2) is 6.72. The van der Waals surface area contributed by atoms with Crippen molar-refractivity contribution in [3.8, 4) is 0 Å². The van der Waals surface area contributed by atoms with E-state index in [1.807, 2.05) is 11.8 Å². The average Bonchev–Trinajstić information content (AvgIpc) is 2.57. The molecule has 0 atom stereocenters. The third kappa shape index (κ3) is 4.32. The van der Waals surface area contributed by atoms with Crippen molar-refractivity contribution in [2.75, 3.05) is 25.4 Å². The van der Waals surface area contributed by atoms with Crippen molar-refractivity contribution in [1.29, 1.82) is 0 Å². The van der Waals surface area contributed by atoms with Gasteiger partial charge in [-0.3, -0.25) is 4.79 Å². The summed E-state index contributed by atoms with van der Waals surface area (Å²) < 4.78 is 13.9. The molecule has 0 saturated carbocycles. The Kier molecular flexibility index (Phi) is 5.22. The molecule has 0 N–H and O–H groups in total. The van der Waals surface area contributed by atoms with Gasteiger partial charge in [-0.05, 0) is 25.1 Å². The van der Waals surface area contributed by atoms with Crippen molar-refractivity contribution in [3.05, 3.63) is 35.6 Å². The lowest BCUT2D eigenvalue weighted by atomic mass is 10.1. The van der Waals surface area contributed by atoms with E-state index in [4.69, 9.17) is 0 Å². The van der Waals surface area contributed by atoms with Gasteiger partial charge in [0.2, 0.25) is 0 Å². The van der Waals surface area contributed by atoms with Crippen LogP contribution in [0.25, 0.3) is 0 Å². The molecule has 0 amide bonds. The van der Waals surface area contributed by atoms with E-state index in [-0.39, 0.29) is 11.3 Å². The molecule has 0 spiro atoms. The van der Waals surface area contributed by atoms with Crippen LogP contribution in [0.3, 0.4) is 0 Å². The zero-order valence-corrected chi connectivity index (χ0v) is 13.0. The smallest absolute Gasteiger partial charge is 0.167 e. The lowest BCUT2D eigenvalue weighted by Gasteiger charge is -2.22. The van der Waals surface area contributed by atoms with Crippen molar-refractivity contribution in [2.45, 2.75) is 31.4 Å². The summed E-state index contributed by atoms with van der Waals surface area (Å²) in [5.74, 6) is 0.588. The zero-order chi connectivity index (χ0) is 14.6. The second-order valence-electron chi connectivity index (χ2n) is 5.85. The molecule has 0 bridgehead atoms. The number of nitrogens with zero attached hydrogens (tertiary/aromatic N) is 1. The lowest BCUT2D eigenvalue weighted by Crippen LogP contribution is -2.29. The van der Waals surface area contributed by atoms with Gasteiger partial charge in [-0.25, -0.2) is 4.39 Å². The number of ketones is 1. The Morgan fingerprint density at radius 1 is 1.35 bits per heavy atom. The molecule has 1 saturated heterocycles. The van der Waals surface area contributed by atoms with Gasteiger partial charge in [0.15, 0.2) is 5.78 Å². The van der Waals surface area contributed by atoms with E-state index in [2.05, 4.69) is 18.7 Å². The van der Waals surface area contributed by atoms with Crippen LogP contribution in [0.1, 0.15) is 37.0 Å². The zero-order valence-electron chi connectivity index (χ0n) is 12.2. The van der Waals surface area contributed by atoms with Crippen LogP contribution >= 0.6 is 11.8 Å². The molecule has 1 aliphatic rings. The molecule has 4 heteroatoms. The van der Waals surface area contributed by atoms with Gasteiger partial charge in [0.05, 0.1) is 5.56 Å².